The lowest BCUT2D eigenvalue weighted by Crippen LogP contribution is -1.97. The Kier molecular flexibility index (Phi) is 5.06. The highest BCUT2D eigenvalue weighted by molar-refractivity contribution is 6.27. The Bertz CT molecular complexity index is 2670. The fourth-order valence-electron chi connectivity index (χ4n) is 7.62. The summed E-state index contributed by atoms with van der Waals surface area (Å²) in [5.41, 5.74) is 7.32. The van der Waals surface area contributed by atoms with Crippen LogP contribution in [0.1, 0.15) is 0 Å². The molecule has 0 aliphatic carbocycles. The SMILES string of the molecule is c1ccc2c(-c3c4ccccc4cc4c(-c5ccc6c(c5)-c5cccc7cccc(c57)O6)cc5ccccc5c34)cccc2c1. The third-order valence-electron chi connectivity index (χ3n) is 9.60. The van der Waals surface area contributed by atoms with Crippen LogP contribution in [-0.2, 0) is 0 Å². The highest BCUT2D eigenvalue weighted by atomic mass is 16.5. The molecule has 0 saturated heterocycles. The van der Waals surface area contributed by atoms with Crippen molar-refractivity contribution < 1.29 is 4.74 Å². The number of hydrogen-bond donors (Lipinski definition) is 0. The summed E-state index contributed by atoms with van der Waals surface area (Å²) >= 11 is 0. The van der Waals surface area contributed by atoms with E-state index in [9.17, 15) is 0 Å². The lowest BCUT2D eigenvalue weighted by Gasteiger charge is -2.23. The van der Waals surface area contributed by atoms with Crippen molar-refractivity contribution in [3.05, 3.63) is 158 Å². The summed E-state index contributed by atoms with van der Waals surface area (Å²) < 4.78 is 6.47. The van der Waals surface area contributed by atoms with E-state index in [1.54, 1.807) is 0 Å². The average Bonchev–Trinajstić information content (AvgIpc) is 3.10. The normalized spacial score (nSPS) is 12.2. The Labute approximate surface area is 260 Å². The summed E-state index contributed by atoms with van der Waals surface area (Å²) in [6.45, 7) is 0. The van der Waals surface area contributed by atoms with E-state index in [-0.39, 0.29) is 0 Å². The molecule has 1 nitrogen and oxygen atoms in total. The van der Waals surface area contributed by atoms with E-state index >= 15 is 0 Å². The summed E-state index contributed by atoms with van der Waals surface area (Å²) in [4.78, 5) is 0. The van der Waals surface area contributed by atoms with E-state index in [2.05, 4.69) is 158 Å². The summed E-state index contributed by atoms with van der Waals surface area (Å²) in [5, 5.41) is 12.5. The molecule has 9 aromatic rings. The molecule has 208 valence electrons. The second-order valence-electron chi connectivity index (χ2n) is 12.0. The molecule has 0 fully saturated rings. The Balaban J connectivity index is 1.34. The minimum Gasteiger partial charge on any atom is -0.456 e. The standard InChI is InChI=1S/C44H26O/c1-4-16-32-27(10-1)13-7-19-35(32)43-33-17-5-3-12-30(33)26-39-37(24-29-11-2-6-18-34(29)44(39)43)31-22-23-40-38(25-31)36-20-8-14-28-15-9-21-41(45-40)42(28)36/h1-26H. The molecule has 0 amide bonds. The molecule has 0 atom stereocenters. The molecule has 0 saturated carbocycles. The largest absolute Gasteiger partial charge is 0.456 e. The molecule has 0 bridgehead atoms. The molecule has 0 spiro atoms. The van der Waals surface area contributed by atoms with Gasteiger partial charge >= 0.3 is 0 Å². The molecule has 9 aromatic carbocycles. The highest BCUT2D eigenvalue weighted by Crippen LogP contribution is 2.50. The first-order valence-electron chi connectivity index (χ1n) is 15.5. The molecule has 1 aliphatic rings. The second kappa shape index (κ2) is 9.29. The maximum atomic E-state index is 6.47. The van der Waals surface area contributed by atoms with E-state index in [0.29, 0.717) is 0 Å². The molecule has 1 heteroatoms. The van der Waals surface area contributed by atoms with Gasteiger partial charge in [0.2, 0.25) is 0 Å². The summed E-state index contributed by atoms with van der Waals surface area (Å²) in [7, 11) is 0. The van der Waals surface area contributed by atoms with Gasteiger partial charge in [-0.1, -0.05) is 127 Å². The number of rotatable bonds is 2. The molecule has 0 unspecified atom stereocenters. The van der Waals surface area contributed by atoms with E-state index < -0.39 is 0 Å². The Morgan fingerprint density at radius 3 is 1.80 bits per heavy atom. The number of ether oxygens (including phenoxy) is 1. The molecule has 0 aromatic heterocycles. The third-order valence-corrected chi connectivity index (χ3v) is 9.60. The van der Waals surface area contributed by atoms with Crippen molar-refractivity contribution >= 4 is 53.9 Å². The van der Waals surface area contributed by atoms with Gasteiger partial charge in [0.15, 0.2) is 0 Å². The third kappa shape index (κ3) is 3.56. The van der Waals surface area contributed by atoms with Crippen molar-refractivity contribution in [1.29, 1.82) is 0 Å². The van der Waals surface area contributed by atoms with E-state index in [1.807, 2.05) is 0 Å². The van der Waals surface area contributed by atoms with Crippen LogP contribution in [0.3, 0.4) is 0 Å². The average molecular weight is 571 g/mol. The Morgan fingerprint density at radius 1 is 0.311 bits per heavy atom. The quantitative estimate of drug-likeness (QED) is 0.148. The zero-order valence-corrected chi connectivity index (χ0v) is 24.4. The van der Waals surface area contributed by atoms with Crippen molar-refractivity contribution in [2.24, 2.45) is 0 Å². The van der Waals surface area contributed by atoms with Gasteiger partial charge in [0.05, 0.1) is 0 Å². The minimum atomic E-state index is 0.900. The second-order valence-corrected chi connectivity index (χ2v) is 12.0. The fraction of sp³-hybridized carbons (Fsp3) is 0. The van der Waals surface area contributed by atoms with Gasteiger partial charge < -0.3 is 4.74 Å². The van der Waals surface area contributed by atoms with Gasteiger partial charge in [-0.2, -0.15) is 0 Å². The highest BCUT2D eigenvalue weighted by Gasteiger charge is 2.22. The summed E-state index contributed by atoms with van der Waals surface area (Å²) in [5.74, 6) is 1.82. The van der Waals surface area contributed by atoms with Crippen molar-refractivity contribution in [2.45, 2.75) is 0 Å². The van der Waals surface area contributed by atoms with Crippen LogP contribution in [0.5, 0.6) is 11.5 Å². The van der Waals surface area contributed by atoms with Gasteiger partial charge in [0.25, 0.3) is 0 Å². The predicted octanol–water partition coefficient (Wildman–Crippen LogP) is 12.6. The van der Waals surface area contributed by atoms with Crippen molar-refractivity contribution in [1.82, 2.24) is 0 Å². The first-order chi connectivity index (χ1) is 22.3. The predicted molar refractivity (Wildman–Crippen MR) is 190 cm³/mol. The number of fused-ring (bicyclic) bond motifs is 7. The minimum absolute atomic E-state index is 0.900. The molecule has 1 heterocycles. The smallest absolute Gasteiger partial charge is 0.135 e. The van der Waals surface area contributed by atoms with Crippen LogP contribution in [0.4, 0.5) is 0 Å². The van der Waals surface area contributed by atoms with Crippen LogP contribution in [0.15, 0.2) is 158 Å². The Morgan fingerprint density at radius 2 is 0.956 bits per heavy atom. The van der Waals surface area contributed by atoms with Crippen molar-refractivity contribution in [3.8, 4) is 44.9 Å². The van der Waals surface area contributed by atoms with Gasteiger partial charge in [-0.15, -0.1) is 0 Å². The van der Waals surface area contributed by atoms with Crippen molar-refractivity contribution in [3.63, 3.8) is 0 Å². The summed E-state index contributed by atoms with van der Waals surface area (Å²) in [6, 6.07) is 57.4. The van der Waals surface area contributed by atoms with Crippen LogP contribution in [0.2, 0.25) is 0 Å². The zero-order chi connectivity index (χ0) is 29.5. The lowest BCUT2D eigenvalue weighted by atomic mass is 9.84. The van der Waals surface area contributed by atoms with E-state index in [0.717, 1.165) is 17.1 Å². The van der Waals surface area contributed by atoms with Crippen LogP contribution < -0.4 is 4.74 Å². The number of benzene rings is 9. The van der Waals surface area contributed by atoms with Crippen molar-refractivity contribution in [2.75, 3.05) is 0 Å². The lowest BCUT2D eigenvalue weighted by molar-refractivity contribution is 0.487. The summed E-state index contributed by atoms with van der Waals surface area (Å²) in [6.07, 6.45) is 0. The maximum absolute atomic E-state index is 6.47. The monoisotopic (exact) mass is 570 g/mol. The topological polar surface area (TPSA) is 9.23 Å². The van der Waals surface area contributed by atoms with Gasteiger partial charge in [0, 0.05) is 10.9 Å². The van der Waals surface area contributed by atoms with Crippen LogP contribution in [0, 0.1) is 0 Å². The van der Waals surface area contributed by atoms with E-state index in [4.69, 9.17) is 4.74 Å². The molecular formula is C44H26O. The molecule has 45 heavy (non-hydrogen) atoms. The Hall–Kier alpha value is -5.92. The van der Waals surface area contributed by atoms with E-state index in [1.165, 1.54) is 81.7 Å². The van der Waals surface area contributed by atoms with Gasteiger partial charge in [-0.25, -0.2) is 0 Å². The van der Waals surface area contributed by atoms with Crippen LogP contribution in [-0.4, -0.2) is 0 Å². The van der Waals surface area contributed by atoms with Crippen LogP contribution >= 0.6 is 0 Å². The molecule has 0 N–H and O–H groups in total. The number of hydrogen-bond acceptors (Lipinski definition) is 1. The van der Waals surface area contributed by atoms with Gasteiger partial charge in [0.1, 0.15) is 11.5 Å². The van der Waals surface area contributed by atoms with Crippen LogP contribution in [0.25, 0.3) is 87.2 Å². The first kappa shape index (κ1) is 24.5. The fourth-order valence-corrected chi connectivity index (χ4v) is 7.62. The zero-order valence-electron chi connectivity index (χ0n) is 24.4. The molecule has 1 aliphatic heterocycles. The molecule has 10 rings (SSSR count). The van der Waals surface area contributed by atoms with Gasteiger partial charge in [-0.05, 0) is 107 Å². The van der Waals surface area contributed by atoms with Gasteiger partial charge in [-0.3, -0.25) is 0 Å². The first-order valence-corrected chi connectivity index (χ1v) is 15.5. The molecule has 0 radical (unpaired) electrons. The molecular weight excluding hydrogens is 544 g/mol. The maximum Gasteiger partial charge on any atom is 0.135 e.